The minimum atomic E-state index is -0.616. The van der Waals surface area contributed by atoms with Crippen LogP contribution in [-0.2, 0) is 11.3 Å². The van der Waals surface area contributed by atoms with Crippen LogP contribution in [0.25, 0.3) is 6.08 Å². The summed E-state index contributed by atoms with van der Waals surface area (Å²) in [6, 6.07) is 17.0. The Balaban J connectivity index is 1.60. The normalized spacial score (nSPS) is 14.4. The number of benzene rings is 3. The number of halogens is 3. The number of esters is 1. The lowest BCUT2D eigenvalue weighted by Crippen LogP contribution is -2.27. The topological polar surface area (TPSA) is 72.9 Å². The highest BCUT2D eigenvalue weighted by Gasteiger charge is 2.35. The van der Waals surface area contributed by atoms with Gasteiger partial charge in [-0.15, -0.1) is 0 Å². The summed E-state index contributed by atoms with van der Waals surface area (Å²) in [5.74, 6) is -0.440. The molecular formula is C26H18Cl2INO5S. The number of ether oxygens (including phenoxy) is 2. The molecule has 0 radical (unpaired) electrons. The molecule has 6 nitrogen and oxygen atoms in total. The summed E-state index contributed by atoms with van der Waals surface area (Å²) in [6.45, 7) is 2.26. The summed E-state index contributed by atoms with van der Waals surface area (Å²) < 4.78 is 11.9. The molecule has 0 N–H and O–H groups in total. The first kappa shape index (κ1) is 26.5. The maximum atomic E-state index is 13.0. The van der Waals surface area contributed by atoms with E-state index in [4.69, 9.17) is 32.7 Å². The Morgan fingerprint density at radius 1 is 1.08 bits per heavy atom. The summed E-state index contributed by atoms with van der Waals surface area (Å²) in [5, 5.41) is 0.445. The molecule has 0 bridgehead atoms. The summed E-state index contributed by atoms with van der Waals surface area (Å²) in [6.07, 6.45) is 1.62. The van der Waals surface area contributed by atoms with Gasteiger partial charge in [0, 0.05) is 5.02 Å². The first-order valence-corrected chi connectivity index (χ1v) is 13.3. The van der Waals surface area contributed by atoms with Crippen LogP contribution in [0.3, 0.4) is 0 Å². The highest BCUT2D eigenvalue weighted by atomic mass is 127. The Morgan fingerprint density at radius 2 is 1.86 bits per heavy atom. The molecule has 1 aliphatic rings. The van der Waals surface area contributed by atoms with Gasteiger partial charge in [-0.3, -0.25) is 14.5 Å². The van der Waals surface area contributed by atoms with E-state index in [0.29, 0.717) is 26.5 Å². The molecule has 184 valence electrons. The predicted molar refractivity (Wildman–Crippen MR) is 150 cm³/mol. The number of amides is 2. The van der Waals surface area contributed by atoms with E-state index >= 15 is 0 Å². The first-order valence-electron chi connectivity index (χ1n) is 10.7. The standard InChI is InChI=1S/C26H18Cl2INO5S/c1-2-34-21-12-16(11-20(29)23(21)35-25(32)18-8-3-4-9-19(18)28)13-22-24(31)30(26(33)36-22)14-15-6-5-7-17(27)10-15/h3-13H,2,14H2,1H3/b22-13-. The van der Waals surface area contributed by atoms with E-state index in [1.807, 2.05) is 22.6 Å². The Morgan fingerprint density at radius 3 is 2.58 bits per heavy atom. The van der Waals surface area contributed by atoms with Crippen molar-refractivity contribution in [2.45, 2.75) is 13.5 Å². The summed E-state index contributed by atoms with van der Waals surface area (Å²) in [5.41, 5.74) is 1.60. The zero-order valence-corrected chi connectivity index (χ0v) is 23.3. The smallest absolute Gasteiger partial charge is 0.345 e. The fourth-order valence-electron chi connectivity index (χ4n) is 3.41. The lowest BCUT2D eigenvalue weighted by atomic mass is 10.1. The van der Waals surface area contributed by atoms with Gasteiger partial charge in [0.25, 0.3) is 11.1 Å². The molecule has 10 heteroatoms. The number of hydrogen-bond acceptors (Lipinski definition) is 6. The van der Waals surface area contributed by atoms with E-state index in [-0.39, 0.29) is 33.0 Å². The van der Waals surface area contributed by atoms with E-state index in [9.17, 15) is 14.4 Å². The van der Waals surface area contributed by atoms with Crippen LogP contribution in [0.5, 0.6) is 11.5 Å². The average Bonchev–Trinajstić information content (AvgIpc) is 3.09. The van der Waals surface area contributed by atoms with Crippen molar-refractivity contribution < 1.29 is 23.9 Å². The van der Waals surface area contributed by atoms with Gasteiger partial charge in [-0.1, -0.05) is 47.5 Å². The second-order valence-electron chi connectivity index (χ2n) is 7.53. The third-order valence-electron chi connectivity index (χ3n) is 5.02. The largest absolute Gasteiger partial charge is 0.490 e. The fraction of sp³-hybridized carbons (Fsp3) is 0.115. The van der Waals surface area contributed by atoms with Gasteiger partial charge in [0.15, 0.2) is 11.5 Å². The summed E-state index contributed by atoms with van der Waals surface area (Å²) in [4.78, 5) is 39.7. The van der Waals surface area contributed by atoms with Crippen LogP contribution in [0.4, 0.5) is 4.79 Å². The van der Waals surface area contributed by atoms with Gasteiger partial charge >= 0.3 is 5.97 Å². The molecule has 0 aromatic heterocycles. The molecule has 0 spiro atoms. The Labute approximate surface area is 235 Å². The molecule has 3 aromatic rings. The van der Waals surface area contributed by atoms with Gasteiger partial charge in [0.1, 0.15) is 0 Å². The molecule has 3 aromatic carbocycles. The zero-order chi connectivity index (χ0) is 25.8. The van der Waals surface area contributed by atoms with Gasteiger partial charge in [-0.25, -0.2) is 4.79 Å². The number of nitrogens with zero attached hydrogens (tertiary/aromatic N) is 1. The number of rotatable bonds is 7. The predicted octanol–water partition coefficient (Wildman–Crippen LogP) is 7.45. The van der Waals surface area contributed by atoms with Crippen LogP contribution < -0.4 is 9.47 Å². The summed E-state index contributed by atoms with van der Waals surface area (Å²) in [7, 11) is 0. The maximum Gasteiger partial charge on any atom is 0.345 e. The van der Waals surface area contributed by atoms with Crippen LogP contribution in [0.1, 0.15) is 28.4 Å². The maximum absolute atomic E-state index is 13.0. The Kier molecular flexibility index (Phi) is 8.61. The number of thioether (sulfide) groups is 1. The van der Waals surface area contributed by atoms with E-state index in [0.717, 1.165) is 17.3 Å². The molecule has 1 fully saturated rings. The number of imide groups is 1. The van der Waals surface area contributed by atoms with Crippen molar-refractivity contribution in [3.63, 3.8) is 0 Å². The molecule has 1 aliphatic heterocycles. The number of carbonyl (C=O) groups excluding carboxylic acids is 3. The SMILES string of the molecule is CCOc1cc(/C=C2\SC(=O)N(Cc3cccc(Cl)c3)C2=O)cc(I)c1OC(=O)c1ccccc1Cl. The van der Waals surface area contributed by atoms with Gasteiger partial charge in [0.2, 0.25) is 0 Å². The summed E-state index contributed by atoms with van der Waals surface area (Å²) >= 11 is 15.0. The van der Waals surface area contributed by atoms with Gasteiger partial charge in [-0.2, -0.15) is 0 Å². The van der Waals surface area contributed by atoms with Crippen molar-refractivity contribution in [3.8, 4) is 11.5 Å². The Bertz CT molecular complexity index is 1390. The quantitative estimate of drug-likeness (QED) is 0.114. The molecule has 4 rings (SSSR count). The molecular weight excluding hydrogens is 636 g/mol. The van der Waals surface area contributed by atoms with Crippen molar-refractivity contribution >= 4 is 80.7 Å². The molecule has 0 unspecified atom stereocenters. The zero-order valence-electron chi connectivity index (χ0n) is 18.8. The first-order chi connectivity index (χ1) is 17.3. The van der Waals surface area contributed by atoms with Crippen molar-refractivity contribution in [1.82, 2.24) is 4.90 Å². The van der Waals surface area contributed by atoms with E-state index in [1.54, 1.807) is 73.7 Å². The fourth-order valence-corrected chi connectivity index (χ4v) is 5.41. The molecule has 1 saturated heterocycles. The van der Waals surface area contributed by atoms with Crippen LogP contribution in [-0.4, -0.2) is 28.6 Å². The minimum absolute atomic E-state index is 0.126. The minimum Gasteiger partial charge on any atom is -0.490 e. The van der Waals surface area contributed by atoms with Crippen molar-refractivity contribution in [2.75, 3.05) is 6.61 Å². The van der Waals surface area contributed by atoms with Crippen LogP contribution in [0, 0.1) is 3.57 Å². The molecule has 1 heterocycles. The third-order valence-corrected chi connectivity index (χ3v) is 7.29. The van der Waals surface area contributed by atoms with Crippen molar-refractivity contribution in [1.29, 1.82) is 0 Å². The van der Waals surface area contributed by atoms with Crippen LogP contribution in [0.15, 0.2) is 65.6 Å². The lowest BCUT2D eigenvalue weighted by Gasteiger charge is -2.14. The highest BCUT2D eigenvalue weighted by molar-refractivity contribution is 14.1. The third kappa shape index (κ3) is 6.05. The van der Waals surface area contributed by atoms with Gasteiger partial charge in [-0.05, 0) is 94.9 Å². The molecule has 0 saturated carbocycles. The number of hydrogen-bond donors (Lipinski definition) is 0. The average molecular weight is 654 g/mol. The monoisotopic (exact) mass is 653 g/mol. The van der Waals surface area contributed by atoms with E-state index in [1.165, 1.54) is 4.90 Å². The second-order valence-corrected chi connectivity index (χ2v) is 10.5. The van der Waals surface area contributed by atoms with Crippen molar-refractivity contribution in [2.24, 2.45) is 0 Å². The second kappa shape index (κ2) is 11.7. The van der Waals surface area contributed by atoms with Crippen LogP contribution in [0.2, 0.25) is 10.0 Å². The van der Waals surface area contributed by atoms with E-state index < -0.39 is 11.9 Å². The Hall–Kier alpha value is -2.53. The lowest BCUT2D eigenvalue weighted by molar-refractivity contribution is -0.123. The molecule has 36 heavy (non-hydrogen) atoms. The molecule has 0 aliphatic carbocycles. The van der Waals surface area contributed by atoms with Gasteiger partial charge < -0.3 is 9.47 Å². The van der Waals surface area contributed by atoms with E-state index in [2.05, 4.69) is 0 Å². The van der Waals surface area contributed by atoms with Gasteiger partial charge in [0.05, 0.1) is 32.2 Å². The van der Waals surface area contributed by atoms with Crippen LogP contribution >= 0.6 is 57.6 Å². The highest BCUT2D eigenvalue weighted by Crippen LogP contribution is 2.38. The molecule has 0 atom stereocenters. The van der Waals surface area contributed by atoms with Crippen molar-refractivity contribution in [3.05, 3.63) is 95.9 Å². The molecule has 2 amide bonds. The number of carbonyl (C=O) groups is 3.